The Balaban J connectivity index is 1.52. The Hall–Kier alpha value is -3.00. The van der Waals surface area contributed by atoms with E-state index in [-0.39, 0.29) is 11.7 Å². The molecule has 8 heteroatoms. The number of amides is 2. The lowest BCUT2D eigenvalue weighted by Crippen LogP contribution is -2.41. The topological polar surface area (TPSA) is 92.8 Å². The summed E-state index contributed by atoms with van der Waals surface area (Å²) in [6.45, 7) is 1.51. The summed E-state index contributed by atoms with van der Waals surface area (Å²) in [7, 11) is 0. The maximum atomic E-state index is 12.5. The number of benzene rings is 1. The fourth-order valence-corrected chi connectivity index (χ4v) is 3.69. The third kappa shape index (κ3) is 4.64. The minimum absolute atomic E-state index is 0.0648. The van der Waals surface area contributed by atoms with Crippen molar-refractivity contribution in [1.29, 1.82) is 0 Å². The van der Waals surface area contributed by atoms with E-state index >= 15 is 0 Å². The lowest BCUT2D eigenvalue weighted by Gasteiger charge is -2.22. The van der Waals surface area contributed by atoms with Gasteiger partial charge in [0.2, 0.25) is 0 Å². The highest BCUT2D eigenvalue weighted by Crippen LogP contribution is 2.23. The van der Waals surface area contributed by atoms with Crippen LogP contribution < -0.4 is 5.32 Å². The zero-order chi connectivity index (χ0) is 20.1. The van der Waals surface area contributed by atoms with Crippen molar-refractivity contribution in [3.63, 3.8) is 0 Å². The van der Waals surface area contributed by atoms with E-state index in [9.17, 15) is 19.2 Å². The number of anilines is 1. The van der Waals surface area contributed by atoms with E-state index in [1.165, 1.54) is 23.2 Å². The quantitative estimate of drug-likeness (QED) is 0.595. The van der Waals surface area contributed by atoms with Gasteiger partial charge in [0.25, 0.3) is 11.8 Å². The van der Waals surface area contributed by atoms with Crippen molar-refractivity contribution in [3.05, 3.63) is 52.2 Å². The van der Waals surface area contributed by atoms with Gasteiger partial charge in [0, 0.05) is 17.8 Å². The number of ether oxygens (including phenoxy) is 1. The molecule has 0 bridgehead atoms. The van der Waals surface area contributed by atoms with Crippen molar-refractivity contribution >= 4 is 40.6 Å². The molecule has 0 aliphatic carbocycles. The minimum atomic E-state index is -0.669. The summed E-state index contributed by atoms with van der Waals surface area (Å²) < 4.78 is 5.12. The Labute approximate surface area is 166 Å². The Bertz CT molecular complexity index is 877. The van der Waals surface area contributed by atoms with Crippen LogP contribution in [0.3, 0.4) is 0 Å². The van der Waals surface area contributed by atoms with Gasteiger partial charge < -0.3 is 15.0 Å². The largest absolute Gasteiger partial charge is 0.454 e. The summed E-state index contributed by atoms with van der Waals surface area (Å²) in [5, 5.41) is 4.41. The van der Waals surface area contributed by atoms with Gasteiger partial charge >= 0.3 is 5.97 Å². The molecule has 1 aliphatic heterocycles. The van der Waals surface area contributed by atoms with Crippen LogP contribution in [0.25, 0.3) is 0 Å². The normalized spacial score (nSPS) is 15.9. The lowest BCUT2D eigenvalue weighted by atomic mass is 10.1. The van der Waals surface area contributed by atoms with Crippen LogP contribution in [0.5, 0.6) is 0 Å². The van der Waals surface area contributed by atoms with Crippen molar-refractivity contribution in [3.8, 4) is 0 Å². The standard InChI is InChI=1S/C20H20N2O5S/c1-13(23)14-6-8-15(9-7-14)21-18(24)12-27-20(26)16-4-2-10-22(16)19(25)17-5-3-11-28-17/h3,5-9,11,16H,2,4,10,12H2,1H3,(H,21,24)/t16-/m0/s1. The second-order valence-electron chi connectivity index (χ2n) is 6.42. The highest BCUT2D eigenvalue weighted by atomic mass is 32.1. The molecule has 1 aromatic heterocycles. The first-order valence-corrected chi connectivity index (χ1v) is 9.75. The van der Waals surface area contributed by atoms with Crippen LogP contribution in [0.1, 0.15) is 39.8 Å². The molecule has 1 aliphatic rings. The summed E-state index contributed by atoms with van der Waals surface area (Å²) in [5.41, 5.74) is 1.04. The number of carbonyl (C=O) groups excluding carboxylic acids is 4. The van der Waals surface area contributed by atoms with Crippen LogP contribution in [0.2, 0.25) is 0 Å². The molecule has 0 radical (unpaired) electrons. The van der Waals surface area contributed by atoms with Gasteiger partial charge in [-0.1, -0.05) is 6.07 Å². The zero-order valence-corrected chi connectivity index (χ0v) is 16.2. The van der Waals surface area contributed by atoms with Crippen LogP contribution in [0.4, 0.5) is 5.69 Å². The van der Waals surface area contributed by atoms with Crippen molar-refractivity contribution in [2.75, 3.05) is 18.5 Å². The molecule has 28 heavy (non-hydrogen) atoms. The number of carbonyl (C=O) groups is 4. The number of ketones is 1. The molecule has 1 N–H and O–H groups in total. The number of nitrogens with one attached hydrogen (secondary N) is 1. The Morgan fingerprint density at radius 3 is 2.57 bits per heavy atom. The molecular formula is C20H20N2O5S. The third-order valence-electron chi connectivity index (χ3n) is 4.44. The molecule has 1 fully saturated rings. The number of Topliss-reactive ketones (excluding diaryl/α,β-unsaturated/α-hetero) is 1. The molecule has 2 aromatic rings. The first-order chi connectivity index (χ1) is 13.5. The maximum absolute atomic E-state index is 12.5. The third-order valence-corrected chi connectivity index (χ3v) is 5.30. The van der Waals surface area contributed by atoms with Gasteiger partial charge in [-0.25, -0.2) is 4.79 Å². The van der Waals surface area contributed by atoms with Crippen LogP contribution >= 0.6 is 11.3 Å². The average molecular weight is 400 g/mol. The van der Waals surface area contributed by atoms with Gasteiger partial charge in [0.15, 0.2) is 12.4 Å². The summed E-state index contributed by atoms with van der Waals surface area (Å²) in [6.07, 6.45) is 1.23. The number of esters is 1. The second kappa shape index (κ2) is 8.79. The minimum Gasteiger partial charge on any atom is -0.454 e. The number of hydrogen-bond acceptors (Lipinski definition) is 6. The average Bonchev–Trinajstić information content (AvgIpc) is 3.38. The summed E-state index contributed by atoms with van der Waals surface area (Å²) in [5.74, 6) is -1.32. The number of rotatable bonds is 6. The van der Waals surface area contributed by atoms with Crippen LogP contribution in [-0.2, 0) is 14.3 Å². The van der Waals surface area contributed by atoms with Crippen molar-refractivity contribution in [2.24, 2.45) is 0 Å². The van der Waals surface area contributed by atoms with Gasteiger partial charge in [-0.2, -0.15) is 0 Å². The SMILES string of the molecule is CC(=O)c1ccc(NC(=O)COC(=O)[C@@H]2CCCN2C(=O)c2cccs2)cc1. The van der Waals surface area contributed by atoms with E-state index in [2.05, 4.69) is 5.32 Å². The number of hydrogen-bond donors (Lipinski definition) is 1. The monoisotopic (exact) mass is 400 g/mol. The molecule has 146 valence electrons. The molecule has 0 saturated carbocycles. The number of nitrogens with zero attached hydrogens (tertiary/aromatic N) is 1. The van der Waals surface area contributed by atoms with Crippen molar-refractivity contribution < 1.29 is 23.9 Å². The first-order valence-electron chi connectivity index (χ1n) is 8.87. The molecule has 0 unspecified atom stereocenters. The van der Waals surface area contributed by atoms with E-state index in [1.807, 2.05) is 5.38 Å². The molecule has 3 rings (SSSR count). The first kappa shape index (κ1) is 19.8. The predicted octanol–water partition coefficient (Wildman–Crippen LogP) is 2.74. The molecule has 1 saturated heterocycles. The molecule has 2 amide bonds. The fourth-order valence-electron chi connectivity index (χ4n) is 3.01. The van der Waals surface area contributed by atoms with E-state index in [0.29, 0.717) is 35.5 Å². The van der Waals surface area contributed by atoms with Crippen molar-refractivity contribution in [1.82, 2.24) is 4.90 Å². The van der Waals surface area contributed by atoms with E-state index in [1.54, 1.807) is 36.4 Å². The van der Waals surface area contributed by atoms with E-state index in [4.69, 9.17) is 4.74 Å². The van der Waals surface area contributed by atoms with Gasteiger partial charge in [0.1, 0.15) is 6.04 Å². The molecule has 1 aromatic carbocycles. The molecule has 7 nitrogen and oxygen atoms in total. The van der Waals surface area contributed by atoms with Gasteiger partial charge in [-0.3, -0.25) is 14.4 Å². The summed E-state index contributed by atoms with van der Waals surface area (Å²) in [4.78, 5) is 50.2. The smallest absolute Gasteiger partial charge is 0.329 e. The number of thiophene rings is 1. The van der Waals surface area contributed by atoms with Gasteiger partial charge in [0.05, 0.1) is 4.88 Å². The van der Waals surface area contributed by atoms with Crippen LogP contribution in [0.15, 0.2) is 41.8 Å². The Morgan fingerprint density at radius 1 is 1.18 bits per heavy atom. The van der Waals surface area contributed by atoms with Gasteiger partial charge in [-0.05, 0) is 55.5 Å². The van der Waals surface area contributed by atoms with E-state index in [0.717, 1.165) is 0 Å². The Kier molecular flexibility index (Phi) is 6.20. The molecular weight excluding hydrogens is 380 g/mol. The summed E-state index contributed by atoms with van der Waals surface area (Å²) in [6, 6.07) is 9.27. The van der Waals surface area contributed by atoms with Crippen LogP contribution in [-0.4, -0.2) is 47.7 Å². The molecule has 2 heterocycles. The van der Waals surface area contributed by atoms with Crippen LogP contribution in [0, 0.1) is 0 Å². The highest BCUT2D eigenvalue weighted by molar-refractivity contribution is 7.12. The summed E-state index contributed by atoms with van der Waals surface area (Å²) >= 11 is 1.33. The number of likely N-dealkylation sites (tertiary alicyclic amines) is 1. The lowest BCUT2D eigenvalue weighted by molar-refractivity contribution is -0.151. The predicted molar refractivity (Wildman–Crippen MR) is 104 cm³/mol. The molecule has 1 atom stereocenters. The molecule has 0 spiro atoms. The zero-order valence-electron chi connectivity index (χ0n) is 15.3. The van der Waals surface area contributed by atoms with E-state index < -0.39 is 24.5 Å². The Morgan fingerprint density at radius 2 is 1.93 bits per heavy atom. The fraction of sp³-hybridized carbons (Fsp3) is 0.300. The van der Waals surface area contributed by atoms with Crippen molar-refractivity contribution in [2.45, 2.75) is 25.8 Å². The maximum Gasteiger partial charge on any atom is 0.329 e. The second-order valence-corrected chi connectivity index (χ2v) is 7.37. The highest BCUT2D eigenvalue weighted by Gasteiger charge is 2.36. The van der Waals surface area contributed by atoms with Gasteiger partial charge in [-0.15, -0.1) is 11.3 Å².